The molecule has 0 radical (unpaired) electrons. The highest BCUT2D eigenvalue weighted by atomic mass is 79.9. The van der Waals surface area contributed by atoms with Crippen molar-refractivity contribution in [2.75, 3.05) is 7.11 Å². The Labute approximate surface area is 105 Å². The molecule has 1 aromatic carbocycles. The first kappa shape index (κ1) is 11.9. The number of nitrogens with two attached hydrogens (primary N) is 1. The van der Waals surface area contributed by atoms with Gasteiger partial charge in [-0.1, -0.05) is 26.0 Å². The van der Waals surface area contributed by atoms with Gasteiger partial charge in [0.25, 0.3) is 0 Å². The van der Waals surface area contributed by atoms with Crippen LogP contribution in [0.25, 0.3) is 0 Å². The van der Waals surface area contributed by atoms with Crippen molar-refractivity contribution in [2.45, 2.75) is 37.6 Å². The van der Waals surface area contributed by atoms with Crippen molar-refractivity contribution in [1.82, 2.24) is 0 Å². The van der Waals surface area contributed by atoms with Gasteiger partial charge in [-0.15, -0.1) is 0 Å². The molecule has 0 unspecified atom stereocenters. The first-order chi connectivity index (χ1) is 7.42. The number of para-hydroxylation sites is 1. The van der Waals surface area contributed by atoms with Gasteiger partial charge in [-0.3, -0.25) is 0 Å². The second-order valence-electron chi connectivity index (χ2n) is 5.10. The van der Waals surface area contributed by atoms with Crippen LogP contribution < -0.4 is 10.5 Å². The topological polar surface area (TPSA) is 35.2 Å². The molecule has 0 aliphatic heterocycles. The lowest BCUT2D eigenvalue weighted by Crippen LogP contribution is -2.43. The number of benzene rings is 1. The highest BCUT2D eigenvalue weighted by Crippen LogP contribution is 2.52. The molecule has 3 heteroatoms. The first-order valence-corrected chi connectivity index (χ1v) is 6.33. The van der Waals surface area contributed by atoms with Crippen molar-refractivity contribution in [3.63, 3.8) is 0 Å². The molecule has 0 saturated heterocycles. The van der Waals surface area contributed by atoms with Gasteiger partial charge in [-0.05, 0) is 34.8 Å². The fourth-order valence-electron chi connectivity index (χ4n) is 2.24. The van der Waals surface area contributed by atoms with Gasteiger partial charge in [0, 0.05) is 16.5 Å². The van der Waals surface area contributed by atoms with E-state index >= 15 is 0 Å². The summed E-state index contributed by atoms with van der Waals surface area (Å²) in [5.74, 6) is 0.907. The van der Waals surface area contributed by atoms with Crippen LogP contribution in [-0.4, -0.2) is 12.6 Å². The maximum absolute atomic E-state index is 6.36. The minimum atomic E-state index is -0.0684. The molecule has 88 valence electrons. The Balaban J connectivity index is 2.51. The summed E-state index contributed by atoms with van der Waals surface area (Å²) < 4.78 is 6.47. The molecule has 1 saturated carbocycles. The fraction of sp³-hybridized carbons (Fsp3) is 0.538. The molecule has 16 heavy (non-hydrogen) atoms. The van der Waals surface area contributed by atoms with E-state index in [1.807, 2.05) is 12.1 Å². The standard InChI is InChI=1S/C13H18BrNO/c1-12(2,13(15)7-8-13)9-5-4-6-10(14)11(9)16-3/h4-6H,7-8,15H2,1-3H3. The summed E-state index contributed by atoms with van der Waals surface area (Å²) in [6.45, 7) is 4.40. The van der Waals surface area contributed by atoms with Gasteiger partial charge < -0.3 is 10.5 Å². The molecule has 0 heterocycles. The largest absolute Gasteiger partial charge is 0.495 e. The molecule has 2 N–H and O–H groups in total. The van der Waals surface area contributed by atoms with E-state index in [-0.39, 0.29) is 11.0 Å². The van der Waals surface area contributed by atoms with Crippen LogP contribution in [0.15, 0.2) is 22.7 Å². The maximum Gasteiger partial charge on any atom is 0.136 e. The second kappa shape index (κ2) is 3.74. The van der Waals surface area contributed by atoms with Crippen molar-refractivity contribution >= 4 is 15.9 Å². The van der Waals surface area contributed by atoms with Gasteiger partial charge >= 0.3 is 0 Å². The summed E-state index contributed by atoms with van der Waals surface area (Å²) in [7, 11) is 1.70. The third kappa shape index (κ3) is 1.66. The Kier molecular flexibility index (Phi) is 2.79. The van der Waals surface area contributed by atoms with Crippen molar-refractivity contribution < 1.29 is 4.74 Å². The summed E-state index contributed by atoms with van der Waals surface area (Å²) in [4.78, 5) is 0. The molecule has 0 amide bonds. The molecule has 0 bridgehead atoms. The van der Waals surface area contributed by atoms with E-state index in [1.54, 1.807) is 7.11 Å². The van der Waals surface area contributed by atoms with Gasteiger partial charge in [0.05, 0.1) is 11.6 Å². The van der Waals surface area contributed by atoms with Gasteiger partial charge in [-0.25, -0.2) is 0 Å². The second-order valence-corrected chi connectivity index (χ2v) is 5.96. The van der Waals surface area contributed by atoms with E-state index in [9.17, 15) is 0 Å². The van der Waals surface area contributed by atoms with Crippen LogP contribution in [0.1, 0.15) is 32.3 Å². The maximum atomic E-state index is 6.36. The van der Waals surface area contributed by atoms with Crippen LogP contribution in [-0.2, 0) is 5.41 Å². The molecule has 1 aliphatic rings. The van der Waals surface area contributed by atoms with Gasteiger partial charge in [0.1, 0.15) is 5.75 Å². The summed E-state index contributed by atoms with van der Waals surface area (Å²) >= 11 is 3.52. The molecule has 0 atom stereocenters. The molecule has 1 fully saturated rings. The van der Waals surface area contributed by atoms with Crippen LogP contribution in [0.5, 0.6) is 5.75 Å². The molecule has 1 aliphatic carbocycles. The average Bonchev–Trinajstić information content (AvgIpc) is 2.97. The van der Waals surface area contributed by atoms with E-state index in [2.05, 4.69) is 35.8 Å². The van der Waals surface area contributed by atoms with Crippen LogP contribution >= 0.6 is 15.9 Å². The third-order valence-electron chi connectivity index (χ3n) is 3.88. The molecule has 0 aromatic heterocycles. The van der Waals surface area contributed by atoms with Crippen molar-refractivity contribution in [3.8, 4) is 5.75 Å². The molecule has 2 rings (SSSR count). The molecule has 2 nitrogen and oxygen atoms in total. The van der Waals surface area contributed by atoms with E-state index < -0.39 is 0 Å². The zero-order valence-corrected chi connectivity index (χ0v) is 11.6. The smallest absolute Gasteiger partial charge is 0.136 e. The van der Waals surface area contributed by atoms with Crippen LogP contribution in [0.4, 0.5) is 0 Å². The Hall–Kier alpha value is -0.540. The number of hydrogen-bond acceptors (Lipinski definition) is 2. The van der Waals surface area contributed by atoms with E-state index in [1.165, 1.54) is 5.56 Å². The molecular formula is C13H18BrNO. The number of methoxy groups -OCH3 is 1. The number of ether oxygens (including phenoxy) is 1. The predicted octanol–water partition coefficient (Wildman–Crippen LogP) is 3.23. The zero-order chi connectivity index (χ0) is 12.0. The number of halogens is 1. The quantitative estimate of drug-likeness (QED) is 0.925. The molecular weight excluding hydrogens is 266 g/mol. The fourth-order valence-corrected chi connectivity index (χ4v) is 2.76. The average molecular weight is 284 g/mol. The minimum Gasteiger partial charge on any atom is -0.495 e. The SMILES string of the molecule is COc1c(Br)cccc1C(C)(C)C1(N)CC1. The highest BCUT2D eigenvalue weighted by molar-refractivity contribution is 9.10. The minimum absolute atomic E-state index is 0.0534. The van der Waals surface area contributed by atoms with Crippen LogP contribution in [0.3, 0.4) is 0 Å². The lowest BCUT2D eigenvalue weighted by Gasteiger charge is -2.34. The van der Waals surface area contributed by atoms with Gasteiger partial charge in [0.2, 0.25) is 0 Å². The lowest BCUT2D eigenvalue weighted by molar-refractivity contribution is 0.352. The van der Waals surface area contributed by atoms with Crippen LogP contribution in [0, 0.1) is 0 Å². The lowest BCUT2D eigenvalue weighted by atomic mass is 9.75. The third-order valence-corrected chi connectivity index (χ3v) is 4.50. The van der Waals surface area contributed by atoms with E-state index in [4.69, 9.17) is 10.5 Å². The summed E-state index contributed by atoms with van der Waals surface area (Å²) in [5.41, 5.74) is 7.42. The highest BCUT2D eigenvalue weighted by Gasteiger charge is 2.52. The summed E-state index contributed by atoms with van der Waals surface area (Å²) in [6.07, 6.45) is 2.19. The van der Waals surface area contributed by atoms with E-state index in [0.717, 1.165) is 23.1 Å². The Morgan fingerprint density at radius 3 is 2.50 bits per heavy atom. The zero-order valence-electron chi connectivity index (χ0n) is 10.0. The van der Waals surface area contributed by atoms with Crippen molar-refractivity contribution in [3.05, 3.63) is 28.2 Å². The number of rotatable bonds is 3. The van der Waals surface area contributed by atoms with Crippen LogP contribution in [0.2, 0.25) is 0 Å². The normalized spacial score (nSPS) is 18.3. The summed E-state index contributed by atoms with van der Waals surface area (Å²) in [6, 6.07) is 6.14. The Morgan fingerprint density at radius 2 is 2.00 bits per heavy atom. The van der Waals surface area contributed by atoms with Crippen molar-refractivity contribution in [1.29, 1.82) is 0 Å². The molecule has 0 spiro atoms. The molecule has 1 aromatic rings. The van der Waals surface area contributed by atoms with Gasteiger partial charge in [-0.2, -0.15) is 0 Å². The predicted molar refractivity (Wildman–Crippen MR) is 69.9 cm³/mol. The Bertz CT molecular complexity index is 410. The first-order valence-electron chi connectivity index (χ1n) is 5.54. The van der Waals surface area contributed by atoms with Crippen molar-refractivity contribution in [2.24, 2.45) is 5.73 Å². The summed E-state index contributed by atoms with van der Waals surface area (Å²) in [5, 5.41) is 0. The monoisotopic (exact) mass is 283 g/mol. The Morgan fingerprint density at radius 1 is 1.38 bits per heavy atom. The van der Waals surface area contributed by atoms with E-state index in [0.29, 0.717) is 0 Å². The number of hydrogen-bond donors (Lipinski definition) is 1. The van der Waals surface area contributed by atoms with Gasteiger partial charge in [0.15, 0.2) is 0 Å².